The minimum absolute atomic E-state index is 0.496. The maximum Gasteiger partial charge on any atom is 0.0343 e. The van der Waals surface area contributed by atoms with Crippen LogP contribution in [0.5, 0.6) is 0 Å². The smallest absolute Gasteiger partial charge is 0.0343 e. The average Bonchev–Trinajstić information content (AvgIpc) is 2.50. The lowest BCUT2D eigenvalue weighted by atomic mass is 9.96. The summed E-state index contributed by atoms with van der Waals surface area (Å²) in [5.74, 6) is 0.640. The molecule has 0 amide bonds. The first kappa shape index (κ1) is 18.2. The van der Waals surface area contributed by atoms with Gasteiger partial charge >= 0.3 is 0 Å². The minimum Gasteiger partial charge on any atom is -0.310 e. The second kappa shape index (κ2) is 11.8. The maximum absolute atomic E-state index is 3.75. The fourth-order valence-corrected chi connectivity index (χ4v) is 2.92. The van der Waals surface area contributed by atoms with Crippen molar-refractivity contribution in [2.45, 2.75) is 78.2 Å². The Labute approximate surface area is 132 Å². The largest absolute Gasteiger partial charge is 0.310 e. The molecule has 0 spiro atoms. The molecule has 1 aromatic rings. The normalized spacial score (nSPS) is 12.8. The third-order valence-corrected chi connectivity index (χ3v) is 4.22. The van der Waals surface area contributed by atoms with Crippen LogP contribution in [0.4, 0.5) is 0 Å². The summed E-state index contributed by atoms with van der Waals surface area (Å²) in [5, 5.41) is 3.75. The highest BCUT2D eigenvalue weighted by Gasteiger charge is 2.13. The van der Waals surface area contributed by atoms with E-state index in [9.17, 15) is 0 Å². The van der Waals surface area contributed by atoms with Crippen LogP contribution in [0.1, 0.15) is 83.7 Å². The van der Waals surface area contributed by atoms with Gasteiger partial charge in [0.2, 0.25) is 0 Å². The third kappa shape index (κ3) is 8.26. The molecule has 1 N–H and O–H groups in total. The zero-order chi connectivity index (χ0) is 15.3. The zero-order valence-corrected chi connectivity index (χ0v) is 14.4. The molecule has 1 rings (SSSR count). The monoisotopic (exact) mass is 289 g/mol. The Morgan fingerprint density at radius 3 is 1.95 bits per heavy atom. The highest BCUT2D eigenvalue weighted by molar-refractivity contribution is 5.19. The molecule has 0 aliphatic rings. The van der Waals surface area contributed by atoms with Gasteiger partial charge in [0.05, 0.1) is 0 Å². The van der Waals surface area contributed by atoms with Gasteiger partial charge in [-0.1, -0.05) is 96.0 Å². The molecule has 1 aromatic carbocycles. The van der Waals surface area contributed by atoms with Crippen molar-refractivity contribution in [2.75, 3.05) is 6.54 Å². The molecule has 0 saturated carbocycles. The lowest BCUT2D eigenvalue weighted by Crippen LogP contribution is -2.26. The summed E-state index contributed by atoms with van der Waals surface area (Å²) in [5.41, 5.74) is 1.42. The van der Waals surface area contributed by atoms with Crippen LogP contribution in [0.2, 0.25) is 0 Å². The summed E-state index contributed by atoms with van der Waals surface area (Å²) in [4.78, 5) is 0. The SMILES string of the molecule is CCCCCCCCCCNC(c1ccccc1)C(C)C. The topological polar surface area (TPSA) is 12.0 Å². The van der Waals surface area contributed by atoms with E-state index >= 15 is 0 Å². The van der Waals surface area contributed by atoms with E-state index in [0.717, 1.165) is 6.54 Å². The van der Waals surface area contributed by atoms with Gasteiger partial charge in [0.15, 0.2) is 0 Å². The van der Waals surface area contributed by atoms with Crippen molar-refractivity contribution in [3.63, 3.8) is 0 Å². The molecular weight excluding hydrogens is 254 g/mol. The van der Waals surface area contributed by atoms with Crippen LogP contribution in [0.25, 0.3) is 0 Å². The van der Waals surface area contributed by atoms with E-state index in [2.05, 4.69) is 56.4 Å². The Balaban J connectivity index is 2.12. The van der Waals surface area contributed by atoms with Crippen LogP contribution in [0.3, 0.4) is 0 Å². The molecular formula is C20H35N. The van der Waals surface area contributed by atoms with E-state index in [-0.39, 0.29) is 0 Å². The van der Waals surface area contributed by atoms with Gasteiger partial charge in [0.25, 0.3) is 0 Å². The van der Waals surface area contributed by atoms with E-state index in [0.29, 0.717) is 12.0 Å². The first-order valence-electron chi connectivity index (χ1n) is 9.04. The number of hydrogen-bond donors (Lipinski definition) is 1. The molecule has 0 aromatic heterocycles. The van der Waals surface area contributed by atoms with Crippen molar-refractivity contribution in [1.82, 2.24) is 5.32 Å². The fraction of sp³-hybridized carbons (Fsp3) is 0.700. The van der Waals surface area contributed by atoms with E-state index in [1.54, 1.807) is 0 Å². The molecule has 120 valence electrons. The van der Waals surface area contributed by atoms with Gasteiger partial charge in [-0.25, -0.2) is 0 Å². The van der Waals surface area contributed by atoms with Gasteiger partial charge in [-0.15, -0.1) is 0 Å². The summed E-state index contributed by atoms with van der Waals surface area (Å²) in [6.45, 7) is 8.03. The summed E-state index contributed by atoms with van der Waals surface area (Å²) in [6.07, 6.45) is 11.1. The molecule has 0 heterocycles. The van der Waals surface area contributed by atoms with Gasteiger partial charge in [-0.3, -0.25) is 0 Å². The van der Waals surface area contributed by atoms with E-state index in [1.165, 1.54) is 56.9 Å². The lowest BCUT2D eigenvalue weighted by Gasteiger charge is -2.23. The molecule has 0 aliphatic heterocycles. The second-order valence-corrected chi connectivity index (χ2v) is 6.56. The Morgan fingerprint density at radius 2 is 1.38 bits per heavy atom. The molecule has 0 saturated heterocycles. The van der Waals surface area contributed by atoms with Gasteiger partial charge in [-0.05, 0) is 24.4 Å². The molecule has 21 heavy (non-hydrogen) atoms. The number of rotatable bonds is 12. The van der Waals surface area contributed by atoms with Gasteiger partial charge < -0.3 is 5.32 Å². The van der Waals surface area contributed by atoms with Crippen LogP contribution in [-0.2, 0) is 0 Å². The minimum atomic E-state index is 0.496. The molecule has 1 atom stereocenters. The molecule has 0 fully saturated rings. The summed E-state index contributed by atoms with van der Waals surface area (Å²) < 4.78 is 0. The molecule has 1 nitrogen and oxygen atoms in total. The molecule has 1 heteroatoms. The van der Waals surface area contributed by atoms with Crippen LogP contribution < -0.4 is 5.32 Å². The van der Waals surface area contributed by atoms with Crippen molar-refractivity contribution in [3.05, 3.63) is 35.9 Å². The van der Waals surface area contributed by atoms with Crippen LogP contribution in [0.15, 0.2) is 30.3 Å². The predicted octanol–water partition coefficient (Wildman–Crippen LogP) is 6.11. The number of hydrogen-bond acceptors (Lipinski definition) is 1. The highest BCUT2D eigenvalue weighted by atomic mass is 14.9. The van der Waals surface area contributed by atoms with Crippen LogP contribution in [-0.4, -0.2) is 6.54 Å². The number of unbranched alkanes of at least 4 members (excludes halogenated alkanes) is 7. The first-order valence-corrected chi connectivity index (χ1v) is 9.04. The van der Waals surface area contributed by atoms with Crippen LogP contribution in [0, 0.1) is 5.92 Å². The van der Waals surface area contributed by atoms with Gasteiger partial charge in [0, 0.05) is 6.04 Å². The van der Waals surface area contributed by atoms with Crippen molar-refractivity contribution < 1.29 is 0 Å². The zero-order valence-electron chi connectivity index (χ0n) is 14.4. The van der Waals surface area contributed by atoms with Crippen molar-refractivity contribution >= 4 is 0 Å². The lowest BCUT2D eigenvalue weighted by molar-refractivity contribution is 0.404. The van der Waals surface area contributed by atoms with E-state index in [4.69, 9.17) is 0 Å². The highest BCUT2D eigenvalue weighted by Crippen LogP contribution is 2.21. The van der Waals surface area contributed by atoms with Gasteiger partial charge in [-0.2, -0.15) is 0 Å². The summed E-state index contributed by atoms with van der Waals surface area (Å²) in [7, 11) is 0. The standard InChI is InChI=1S/C20H35N/c1-4-5-6-7-8-9-10-14-17-21-20(18(2)3)19-15-12-11-13-16-19/h11-13,15-16,18,20-21H,4-10,14,17H2,1-3H3. The van der Waals surface area contributed by atoms with E-state index < -0.39 is 0 Å². The Hall–Kier alpha value is -0.820. The Morgan fingerprint density at radius 1 is 0.810 bits per heavy atom. The van der Waals surface area contributed by atoms with E-state index in [1.807, 2.05) is 0 Å². The number of nitrogens with one attached hydrogen (secondary N) is 1. The van der Waals surface area contributed by atoms with Crippen molar-refractivity contribution in [2.24, 2.45) is 5.92 Å². The quantitative estimate of drug-likeness (QED) is 0.457. The van der Waals surface area contributed by atoms with Crippen molar-refractivity contribution in [3.8, 4) is 0 Å². The third-order valence-electron chi connectivity index (χ3n) is 4.22. The van der Waals surface area contributed by atoms with Gasteiger partial charge in [0.1, 0.15) is 0 Å². The molecule has 0 aliphatic carbocycles. The van der Waals surface area contributed by atoms with Crippen LogP contribution >= 0.6 is 0 Å². The second-order valence-electron chi connectivity index (χ2n) is 6.56. The summed E-state index contributed by atoms with van der Waals surface area (Å²) in [6, 6.07) is 11.4. The maximum atomic E-state index is 3.75. The fourth-order valence-electron chi connectivity index (χ4n) is 2.92. The predicted molar refractivity (Wildman–Crippen MR) is 94.6 cm³/mol. The molecule has 0 bridgehead atoms. The number of benzene rings is 1. The average molecular weight is 290 g/mol. The Bertz CT molecular complexity index is 331. The molecule has 0 radical (unpaired) electrons. The first-order chi connectivity index (χ1) is 10.3. The molecule has 1 unspecified atom stereocenters. The summed E-state index contributed by atoms with van der Waals surface area (Å²) >= 11 is 0. The van der Waals surface area contributed by atoms with Crippen molar-refractivity contribution in [1.29, 1.82) is 0 Å². The Kier molecular flexibility index (Phi) is 10.2.